The van der Waals surface area contributed by atoms with E-state index in [1.165, 1.54) is 6.08 Å². The molecule has 0 aromatic rings. The summed E-state index contributed by atoms with van der Waals surface area (Å²) in [5, 5.41) is 12.0. The average molecular weight is 285 g/mol. The standard InChI is InChI=1S/C13H19NO6/c1-2-3-4-12(17)19-7-9(15)8-20-13(18)10-5-6-11(16)14-10/h3-4,9-10,15H,2,5-8H2,1H3,(H,14,16)/t9?,10-/m0/s1. The summed E-state index contributed by atoms with van der Waals surface area (Å²) in [6.45, 7) is 1.34. The lowest BCUT2D eigenvalue weighted by molar-refractivity contribution is -0.152. The Morgan fingerprint density at radius 2 is 2.15 bits per heavy atom. The summed E-state index contributed by atoms with van der Waals surface area (Å²) in [7, 11) is 0. The maximum Gasteiger partial charge on any atom is 0.330 e. The number of esters is 2. The third-order valence-corrected chi connectivity index (χ3v) is 2.61. The van der Waals surface area contributed by atoms with Crippen molar-refractivity contribution < 1.29 is 29.0 Å². The maximum atomic E-state index is 11.5. The van der Waals surface area contributed by atoms with Crippen molar-refractivity contribution in [1.82, 2.24) is 5.32 Å². The predicted molar refractivity (Wildman–Crippen MR) is 68.5 cm³/mol. The summed E-state index contributed by atoms with van der Waals surface area (Å²) in [6.07, 6.45) is 3.22. The number of hydrogen-bond acceptors (Lipinski definition) is 6. The molecular formula is C13H19NO6. The van der Waals surface area contributed by atoms with Gasteiger partial charge in [0.25, 0.3) is 0 Å². The Morgan fingerprint density at radius 3 is 2.75 bits per heavy atom. The Morgan fingerprint density at radius 1 is 1.45 bits per heavy atom. The number of hydrogen-bond donors (Lipinski definition) is 2. The molecule has 0 aromatic heterocycles. The first-order chi connectivity index (χ1) is 9.52. The van der Waals surface area contributed by atoms with Gasteiger partial charge in [-0.25, -0.2) is 9.59 Å². The molecule has 1 heterocycles. The van der Waals surface area contributed by atoms with Gasteiger partial charge in [-0.2, -0.15) is 0 Å². The maximum absolute atomic E-state index is 11.5. The summed E-state index contributed by atoms with van der Waals surface area (Å²) in [6, 6.07) is -0.648. The zero-order chi connectivity index (χ0) is 15.0. The van der Waals surface area contributed by atoms with Gasteiger partial charge in [0.2, 0.25) is 5.91 Å². The largest absolute Gasteiger partial charge is 0.461 e. The minimum absolute atomic E-state index is 0.191. The van der Waals surface area contributed by atoms with Gasteiger partial charge in [0, 0.05) is 12.5 Å². The Kier molecular flexibility index (Phi) is 6.72. The van der Waals surface area contributed by atoms with Gasteiger partial charge >= 0.3 is 11.9 Å². The summed E-state index contributed by atoms with van der Waals surface area (Å²) in [4.78, 5) is 33.5. The van der Waals surface area contributed by atoms with Crippen LogP contribution in [0.1, 0.15) is 26.2 Å². The molecule has 1 aliphatic rings. The second-order valence-electron chi connectivity index (χ2n) is 4.38. The van der Waals surface area contributed by atoms with Crippen molar-refractivity contribution in [2.24, 2.45) is 0 Å². The highest BCUT2D eigenvalue weighted by atomic mass is 16.6. The zero-order valence-electron chi connectivity index (χ0n) is 11.3. The van der Waals surface area contributed by atoms with Gasteiger partial charge in [-0.15, -0.1) is 0 Å². The molecule has 20 heavy (non-hydrogen) atoms. The molecule has 0 saturated carbocycles. The van der Waals surface area contributed by atoms with E-state index >= 15 is 0 Å². The van der Waals surface area contributed by atoms with Crippen molar-refractivity contribution in [2.75, 3.05) is 13.2 Å². The molecule has 112 valence electrons. The number of allylic oxidation sites excluding steroid dienone is 1. The van der Waals surface area contributed by atoms with Gasteiger partial charge in [0.05, 0.1) is 0 Å². The van der Waals surface area contributed by atoms with Crippen LogP contribution in [0, 0.1) is 0 Å². The van der Waals surface area contributed by atoms with Crippen LogP contribution < -0.4 is 5.32 Å². The molecule has 0 radical (unpaired) electrons. The number of ether oxygens (including phenoxy) is 2. The molecule has 0 aliphatic carbocycles. The summed E-state index contributed by atoms with van der Waals surface area (Å²) < 4.78 is 9.58. The normalized spacial score (nSPS) is 19.7. The molecule has 1 aliphatic heterocycles. The number of carbonyl (C=O) groups is 3. The van der Waals surface area contributed by atoms with Gasteiger partial charge in [-0.05, 0) is 12.8 Å². The first-order valence-electron chi connectivity index (χ1n) is 6.50. The minimum Gasteiger partial charge on any atom is -0.461 e. The predicted octanol–water partition coefficient (Wildman–Crippen LogP) is -0.321. The van der Waals surface area contributed by atoms with Crippen LogP contribution in [0.3, 0.4) is 0 Å². The first kappa shape index (κ1) is 16.2. The fourth-order valence-corrected chi connectivity index (χ4v) is 1.56. The van der Waals surface area contributed by atoms with E-state index in [9.17, 15) is 19.5 Å². The smallest absolute Gasteiger partial charge is 0.330 e. The van der Waals surface area contributed by atoms with Crippen molar-refractivity contribution in [1.29, 1.82) is 0 Å². The Hall–Kier alpha value is -1.89. The second-order valence-corrected chi connectivity index (χ2v) is 4.38. The molecule has 0 bridgehead atoms. The molecule has 1 fully saturated rings. The van der Waals surface area contributed by atoms with Gasteiger partial charge in [-0.1, -0.05) is 13.0 Å². The van der Waals surface area contributed by atoms with Gasteiger partial charge in [-0.3, -0.25) is 4.79 Å². The fraction of sp³-hybridized carbons (Fsp3) is 0.615. The van der Waals surface area contributed by atoms with Crippen LogP contribution in [-0.4, -0.2) is 48.3 Å². The highest BCUT2D eigenvalue weighted by molar-refractivity contribution is 5.88. The van der Waals surface area contributed by atoms with Crippen molar-refractivity contribution in [3.05, 3.63) is 12.2 Å². The number of rotatable bonds is 7. The first-order valence-corrected chi connectivity index (χ1v) is 6.50. The summed E-state index contributed by atoms with van der Waals surface area (Å²) in [5.41, 5.74) is 0. The molecule has 7 nitrogen and oxygen atoms in total. The van der Waals surface area contributed by atoms with E-state index in [0.717, 1.165) is 0 Å². The van der Waals surface area contributed by atoms with Crippen LogP contribution >= 0.6 is 0 Å². The summed E-state index contributed by atoms with van der Waals surface area (Å²) in [5.74, 6) is -1.34. The highest BCUT2D eigenvalue weighted by Gasteiger charge is 2.28. The third kappa shape index (κ3) is 5.83. The van der Waals surface area contributed by atoms with Gasteiger partial charge in [0.15, 0.2) is 0 Å². The van der Waals surface area contributed by atoms with Crippen LogP contribution in [0.2, 0.25) is 0 Å². The fourth-order valence-electron chi connectivity index (χ4n) is 1.56. The molecule has 0 aromatic carbocycles. The molecule has 2 atom stereocenters. The molecule has 1 unspecified atom stereocenters. The van der Waals surface area contributed by atoms with Crippen LogP contribution in [0.5, 0.6) is 0 Å². The van der Waals surface area contributed by atoms with E-state index in [1.807, 2.05) is 6.92 Å². The van der Waals surface area contributed by atoms with Crippen molar-refractivity contribution >= 4 is 17.8 Å². The number of aliphatic hydroxyl groups is 1. The molecule has 1 rings (SSSR count). The van der Waals surface area contributed by atoms with E-state index in [2.05, 4.69) is 5.32 Å². The number of nitrogens with one attached hydrogen (secondary N) is 1. The van der Waals surface area contributed by atoms with E-state index in [-0.39, 0.29) is 19.1 Å². The number of amides is 1. The number of carbonyl (C=O) groups excluding carboxylic acids is 3. The van der Waals surface area contributed by atoms with E-state index in [1.54, 1.807) is 6.08 Å². The molecule has 0 spiro atoms. The lowest BCUT2D eigenvalue weighted by atomic mass is 10.2. The van der Waals surface area contributed by atoms with Crippen LogP contribution in [-0.2, 0) is 23.9 Å². The van der Waals surface area contributed by atoms with E-state index < -0.39 is 24.1 Å². The molecule has 2 N–H and O–H groups in total. The van der Waals surface area contributed by atoms with Gasteiger partial charge in [0.1, 0.15) is 25.4 Å². The average Bonchev–Trinajstić information content (AvgIpc) is 2.86. The third-order valence-electron chi connectivity index (χ3n) is 2.61. The minimum atomic E-state index is -1.09. The molecule has 1 amide bonds. The summed E-state index contributed by atoms with van der Waals surface area (Å²) >= 11 is 0. The highest BCUT2D eigenvalue weighted by Crippen LogP contribution is 2.08. The lowest BCUT2D eigenvalue weighted by Crippen LogP contribution is -2.36. The van der Waals surface area contributed by atoms with Crippen LogP contribution in [0.4, 0.5) is 0 Å². The van der Waals surface area contributed by atoms with Crippen LogP contribution in [0.25, 0.3) is 0 Å². The SMILES string of the molecule is CCC=CC(=O)OCC(O)COC(=O)[C@@H]1CCC(=O)N1. The van der Waals surface area contributed by atoms with Crippen molar-refractivity contribution in [2.45, 2.75) is 38.3 Å². The topological polar surface area (TPSA) is 102 Å². The monoisotopic (exact) mass is 285 g/mol. The zero-order valence-corrected chi connectivity index (χ0v) is 11.3. The molecule has 7 heteroatoms. The second kappa shape index (κ2) is 8.31. The van der Waals surface area contributed by atoms with Gasteiger partial charge < -0.3 is 19.9 Å². The Balaban J connectivity index is 2.17. The lowest BCUT2D eigenvalue weighted by Gasteiger charge is -2.13. The number of aliphatic hydroxyl groups excluding tert-OH is 1. The van der Waals surface area contributed by atoms with Crippen molar-refractivity contribution in [3.63, 3.8) is 0 Å². The van der Waals surface area contributed by atoms with Crippen molar-refractivity contribution in [3.8, 4) is 0 Å². The quantitative estimate of drug-likeness (QED) is 0.491. The Labute approximate surface area is 116 Å². The van der Waals surface area contributed by atoms with E-state index in [0.29, 0.717) is 19.3 Å². The van der Waals surface area contributed by atoms with E-state index in [4.69, 9.17) is 9.47 Å². The Bertz CT molecular complexity index is 392. The van der Waals surface area contributed by atoms with Crippen LogP contribution in [0.15, 0.2) is 12.2 Å². The molecule has 1 saturated heterocycles. The molecular weight excluding hydrogens is 266 g/mol.